The number of nitrogens with one attached hydrogen (secondary N) is 2. The van der Waals surface area contributed by atoms with Crippen LogP contribution in [0, 0.1) is 37.1 Å². The molecule has 6 rings (SSSR count). The molecule has 2 aliphatic carbocycles. The molecule has 51 heavy (non-hydrogen) atoms. The zero-order chi connectivity index (χ0) is 36.1. The predicted molar refractivity (Wildman–Crippen MR) is 202 cm³/mol. The van der Waals surface area contributed by atoms with Crippen LogP contribution >= 0.6 is 0 Å². The summed E-state index contributed by atoms with van der Waals surface area (Å²) in [7, 11) is 0. The molecule has 0 radical (unpaired) electrons. The van der Waals surface area contributed by atoms with Gasteiger partial charge in [-0.3, -0.25) is 0 Å². The zero-order valence-corrected chi connectivity index (χ0v) is 31.5. The minimum atomic E-state index is -5.03. The monoisotopic (exact) mass is 726 g/mol. The van der Waals surface area contributed by atoms with E-state index in [1.165, 1.54) is 24.3 Å². The Morgan fingerprint density at radius 2 is 0.980 bits per heavy atom. The van der Waals surface area contributed by atoms with Gasteiger partial charge in [0.2, 0.25) is 0 Å². The van der Waals surface area contributed by atoms with Crippen molar-refractivity contribution in [2.75, 3.05) is 10.6 Å². The van der Waals surface area contributed by atoms with Crippen LogP contribution in [0.25, 0.3) is 0 Å². The average Bonchev–Trinajstić information content (AvgIpc) is 3.86. The normalized spacial score (nSPS) is 13.9. The second kappa shape index (κ2) is 16.0. The van der Waals surface area contributed by atoms with E-state index < -0.39 is 39.9 Å². The van der Waals surface area contributed by atoms with Gasteiger partial charge in [-0.15, -0.1) is 0 Å². The van der Waals surface area contributed by atoms with Gasteiger partial charge in [0.15, 0.2) is 0 Å². The average molecular weight is 727 g/mol. The molecule has 0 atom stereocenters. The predicted octanol–water partition coefficient (Wildman–Crippen LogP) is 11.8. The molecule has 264 valence electrons. The molecule has 0 aliphatic heterocycles. The van der Waals surface area contributed by atoms with Gasteiger partial charge in [0.05, 0.1) is 0 Å². The van der Waals surface area contributed by atoms with Crippen molar-refractivity contribution in [2.45, 2.75) is 79.1 Å². The summed E-state index contributed by atoms with van der Waals surface area (Å²) in [5.41, 5.74) is 5.86. The van der Waals surface area contributed by atoms with Gasteiger partial charge >= 0.3 is 305 Å². The molecule has 0 spiro atoms. The minimum absolute atomic E-state index is 0.0800. The summed E-state index contributed by atoms with van der Waals surface area (Å²) in [4.78, 5) is 0. The maximum atomic E-state index is 17.5. The molecule has 7 heteroatoms. The van der Waals surface area contributed by atoms with Crippen molar-refractivity contribution in [3.8, 4) is 0 Å². The van der Waals surface area contributed by atoms with E-state index in [0.717, 1.165) is 72.2 Å². The van der Waals surface area contributed by atoms with Crippen molar-refractivity contribution in [3.05, 3.63) is 150 Å². The first-order valence-electron chi connectivity index (χ1n) is 18.1. The molecular formula is C44H46F4N2Ti. The molecule has 0 unspecified atom stereocenters. The second-order valence-electron chi connectivity index (χ2n) is 13.7. The second-order valence-corrected chi connectivity index (χ2v) is 19.7. The Hall–Kier alpha value is -4.13. The third-order valence-corrected chi connectivity index (χ3v) is 18.0. The standard InChI is InChI=1S/2C17H18F2N.2C5H5.Ti/c2*1-3-4-5-13-10-12(2)6-8-16(13)20-17-9-7-14(18)11-15(17)19;2*1-2-4-5-3-1;/h2*6-10,20H,3-5H2,1-2H3;2*1-3H,4H2;. The summed E-state index contributed by atoms with van der Waals surface area (Å²) in [6.45, 7) is 8.27. The number of allylic oxidation sites excluding steroid dienone is 8. The van der Waals surface area contributed by atoms with Crippen LogP contribution in [0.1, 0.15) is 74.6 Å². The fraction of sp³-hybridized carbons (Fsp3) is 0.273. The van der Waals surface area contributed by atoms with Crippen LogP contribution in [0.4, 0.5) is 40.3 Å². The van der Waals surface area contributed by atoms with Crippen LogP contribution < -0.4 is 18.4 Å². The quantitative estimate of drug-likeness (QED) is 0.0999. The number of unbranched alkanes of at least 4 members (excludes halogenated alkanes) is 2. The molecule has 4 aromatic carbocycles. The Bertz CT molecular complexity index is 1910. The number of hydrogen-bond donors (Lipinski definition) is 2. The number of rotatable bonds is 14. The maximum absolute atomic E-state index is 17.5. The van der Waals surface area contributed by atoms with Crippen molar-refractivity contribution >= 4 is 30.5 Å². The molecule has 2 nitrogen and oxygen atoms in total. The van der Waals surface area contributed by atoms with Gasteiger partial charge in [-0.2, -0.15) is 0 Å². The number of halogens is 4. The van der Waals surface area contributed by atoms with Crippen LogP contribution in [-0.2, 0) is 29.4 Å². The van der Waals surface area contributed by atoms with Gasteiger partial charge < -0.3 is 0 Å². The van der Waals surface area contributed by atoms with Crippen LogP contribution in [0.3, 0.4) is 0 Å². The Morgan fingerprint density at radius 1 is 0.569 bits per heavy atom. The van der Waals surface area contributed by atoms with Crippen molar-refractivity contribution in [2.24, 2.45) is 0 Å². The van der Waals surface area contributed by atoms with Crippen LogP contribution in [0.5, 0.6) is 0 Å². The zero-order valence-electron chi connectivity index (χ0n) is 29.9. The molecule has 0 saturated heterocycles. The summed E-state index contributed by atoms with van der Waals surface area (Å²) in [6.07, 6.45) is 17.3. The van der Waals surface area contributed by atoms with E-state index in [2.05, 4.69) is 36.6 Å². The van der Waals surface area contributed by atoms with E-state index in [1.807, 2.05) is 74.6 Å². The molecule has 2 N–H and O–H groups in total. The van der Waals surface area contributed by atoms with E-state index in [-0.39, 0.29) is 19.1 Å². The van der Waals surface area contributed by atoms with Crippen molar-refractivity contribution < 1.29 is 34.2 Å². The molecule has 4 aromatic rings. The van der Waals surface area contributed by atoms with Crippen molar-refractivity contribution in [3.63, 3.8) is 0 Å². The first-order valence-corrected chi connectivity index (χ1v) is 21.2. The van der Waals surface area contributed by atoms with Crippen LogP contribution in [0.15, 0.2) is 105 Å². The van der Waals surface area contributed by atoms with E-state index in [1.54, 1.807) is 0 Å². The number of anilines is 4. The molecular weight excluding hydrogens is 680 g/mol. The molecule has 0 aromatic heterocycles. The molecule has 2 aliphatic rings. The van der Waals surface area contributed by atoms with E-state index in [0.29, 0.717) is 20.6 Å². The van der Waals surface area contributed by atoms with Crippen molar-refractivity contribution in [1.29, 1.82) is 0 Å². The summed E-state index contributed by atoms with van der Waals surface area (Å²) >= 11 is -5.03. The number of benzene rings is 4. The Labute approximate surface area is 303 Å². The van der Waals surface area contributed by atoms with E-state index in [4.69, 9.17) is 0 Å². The first kappa shape index (κ1) is 36.7. The van der Waals surface area contributed by atoms with E-state index in [9.17, 15) is 0 Å². The summed E-state index contributed by atoms with van der Waals surface area (Å²) in [5, 5.41) is 6.54. The fourth-order valence-corrected chi connectivity index (χ4v) is 15.8. The third-order valence-electron chi connectivity index (χ3n) is 10.1. The number of aryl methyl sites for hydroxylation is 4. The molecule has 0 heterocycles. The fourth-order valence-electron chi connectivity index (χ4n) is 7.54. The van der Waals surface area contributed by atoms with Crippen LogP contribution in [0.2, 0.25) is 0 Å². The SMILES string of the molecule is CCCCc1cc(C)ccc1Nc1ccc(F)[c]([Ti]([C]2=CC=CC2)([C]2=CC=CC2)[c]2c(F)ccc(Nc3ccc(C)cc3CCCC)c2F)c1F. The topological polar surface area (TPSA) is 24.1 Å². The van der Waals surface area contributed by atoms with Gasteiger partial charge in [-0.1, -0.05) is 0 Å². The van der Waals surface area contributed by atoms with Gasteiger partial charge in [-0.25, -0.2) is 0 Å². The molecule has 0 fully saturated rings. The van der Waals surface area contributed by atoms with E-state index >= 15 is 17.6 Å². The van der Waals surface area contributed by atoms with Gasteiger partial charge in [0.25, 0.3) is 0 Å². The molecule has 0 amide bonds. The first-order chi connectivity index (χ1) is 24.7. The van der Waals surface area contributed by atoms with Gasteiger partial charge in [-0.05, 0) is 0 Å². The van der Waals surface area contributed by atoms with Gasteiger partial charge in [0.1, 0.15) is 0 Å². The molecule has 0 bridgehead atoms. The Kier molecular flexibility index (Phi) is 11.5. The van der Waals surface area contributed by atoms with Crippen LogP contribution in [-0.4, -0.2) is 0 Å². The Morgan fingerprint density at radius 3 is 1.35 bits per heavy atom. The van der Waals surface area contributed by atoms with Gasteiger partial charge in [0, 0.05) is 0 Å². The summed E-state index contributed by atoms with van der Waals surface area (Å²) in [5.74, 6) is -3.22. The summed E-state index contributed by atoms with van der Waals surface area (Å²) < 4.78 is 69.3. The summed E-state index contributed by atoms with van der Waals surface area (Å²) in [6, 6.07) is 17.2. The molecule has 0 saturated carbocycles. The van der Waals surface area contributed by atoms with Crippen molar-refractivity contribution in [1.82, 2.24) is 0 Å². The number of hydrogen-bond acceptors (Lipinski definition) is 2. The third kappa shape index (κ3) is 7.31. The Balaban J connectivity index is 1.57.